The molecular formula is C13H17FN2O2. The Hall–Kier alpha value is -1.46. The van der Waals surface area contributed by atoms with Crippen LogP contribution in [0.15, 0.2) is 24.3 Å². The number of carbonyl (C=O) groups is 1. The summed E-state index contributed by atoms with van der Waals surface area (Å²) < 4.78 is 18.6. The fourth-order valence-electron chi connectivity index (χ4n) is 2.09. The van der Waals surface area contributed by atoms with E-state index in [1.165, 1.54) is 17.0 Å². The number of benzene rings is 1. The topological polar surface area (TPSA) is 55.6 Å². The lowest BCUT2D eigenvalue weighted by Gasteiger charge is -2.21. The zero-order valence-corrected chi connectivity index (χ0v) is 10.3. The summed E-state index contributed by atoms with van der Waals surface area (Å²) in [6.45, 7) is 0.424. The first kappa shape index (κ1) is 13.0. The molecule has 4 nitrogen and oxygen atoms in total. The van der Waals surface area contributed by atoms with Crippen molar-refractivity contribution in [1.82, 2.24) is 0 Å². The first-order valence-corrected chi connectivity index (χ1v) is 6.00. The molecule has 1 aliphatic rings. The van der Waals surface area contributed by atoms with Crippen molar-refractivity contribution in [2.75, 3.05) is 18.5 Å². The van der Waals surface area contributed by atoms with E-state index >= 15 is 0 Å². The lowest BCUT2D eigenvalue weighted by Crippen LogP contribution is -2.37. The van der Waals surface area contributed by atoms with E-state index in [4.69, 9.17) is 10.5 Å². The maximum absolute atomic E-state index is 13.1. The number of carbonyl (C=O) groups excluding carboxylic acids is 1. The second-order valence-corrected chi connectivity index (χ2v) is 4.44. The Morgan fingerprint density at radius 3 is 2.94 bits per heavy atom. The second-order valence-electron chi connectivity index (χ2n) is 4.44. The molecule has 0 bridgehead atoms. The third-order valence-corrected chi connectivity index (χ3v) is 3.17. The number of halogens is 1. The number of ether oxygens (including phenoxy) is 1. The van der Waals surface area contributed by atoms with Crippen molar-refractivity contribution in [3.63, 3.8) is 0 Å². The Morgan fingerprint density at radius 2 is 2.33 bits per heavy atom. The maximum atomic E-state index is 13.1. The lowest BCUT2D eigenvalue weighted by molar-refractivity contribution is -0.128. The van der Waals surface area contributed by atoms with E-state index in [2.05, 4.69) is 0 Å². The van der Waals surface area contributed by atoms with Crippen molar-refractivity contribution >= 4 is 11.6 Å². The molecule has 0 spiro atoms. The van der Waals surface area contributed by atoms with Crippen molar-refractivity contribution in [3.05, 3.63) is 30.1 Å². The normalized spacial score (nSPS) is 23.1. The highest BCUT2D eigenvalue weighted by Gasteiger charge is 2.32. The van der Waals surface area contributed by atoms with Crippen LogP contribution in [-0.4, -0.2) is 31.7 Å². The van der Waals surface area contributed by atoms with Gasteiger partial charge < -0.3 is 15.4 Å². The quantitative estimate of drug-likeness (QED) is 0.882. The van der Waals surface area contributed by atoms with Gasteiger partial charge in [-0.3, -0.25) is 4.79 Å². The van der Waals surface area contributed by atoms with Crippen molar-refractivity contribution in [2.24, 2.45) is 5.73 Å². The van der Waals surface area contributed by atoms with Crippen LogP contribution in [0.2, 0.25) is 0 Å². The molecule has 0 aliphatic carbocycles. The average molecular weight is 252 g/mol. The number of hydrogen-bond donors (Lipinski definition) is 1. The van der Waals surface area contributed by atoms with Gasteiger partial charge in [-0.2, -0.15) is 0 Å². The molecule has 1 saturated heterocycles. The fourth-order valence-corrected chi connectivity index (χ4v) is 2.09. The van der Waals surface area contributed by atoms with E-state index in [-0.39, 0.29) is 17.8 Å². The summed E-state index contributed by atoms with van der Waals surface area (Å²) >= 11 is 0. The van der Waals surface area contributed by atoms with E-state index in [1.54, 1.807) is 19.2 Å². The Balaban J connectivity index is 2.05. The van der Waals surface area contributed by atoms with Gasteiger partial charge in [-0.25, -0.2) is 4.39 Å². The van der Waals surface area contributed by atoms with Crippen LogP contribution in [0, 0.1) is 5.82 Å². The van der Waals surface area contributed by atoms with Crippen LogP contribution in [-0.2, 0) is 9.53 Å². The number of amides is 1. The van der Waals surface area contributed by atoms with E-state index in [0.717, 1.165) is 6.42 Å². The third-order valence-electron chi connectivity index (χ3n) is 3.17. The highest BCUT2D eigenvalue weighted by molar-refractivity contribution is 5.96. The highest BCUT2D eigenvalue weighted by atomic mass is 19.1. The van der Waals surface area contributed by atoms with Crippen LogP contribution in [0.5, 0.6) is 0 Å². The van der Waals surface area contributed by atoms with Crippen molar-refractivity contribution < 1.29 is 13.9 Å². The van der Waals surface area contributed by atoms with E-state index < -0.39 is 6.10 Å². The van der Waals surface area contributed by atoms with Gasteiger partial charge in [0.15, 0.2) is 0 Å². The van der Waals surface area contributed by atoms with Gasteiger partial charge in [0.25, 0.3) is 5.91 Å². The molecule has 0 saturated carbocycles. The molecule has 0 aromatic heterocycles. The molecule has 1 aromatic carbocycles. The molecular weight excluding hydrogens is 235 g/mol. The first-order valence-electron chi connectivity index (χ1n) is 6.00. The molecule has 1 amide bonds. The predicted molar refractivity (Wildman–Crippen MR) is 66.8 cm³/mol. The summed E-state index contributed by atoms with van der Waals surface area (Å²) in [4.78, 5) is 13.6. The van der Waals surface area contributed by atoms with Gasteiger partial charge in [0.2, 0.25) is 0 Å². The molecule has 1 heterocycles. The largest absolute Gasteiger partial charge is 0.364 e. The molecule has 18 heavy (non-hydrogen) atoms. The predicted octanol–water partition coefficient (Wildman–Crippen LogP) is 1.29. The molecule has 5 heteroatoms. The second kappa shape index (κ2) is 5.46. The van der Waals surface area contributed by atoms with Gasteiger partial charge >= 0.3 is 0 Å². The van der Waals surface area contributed by atoms with Gasteiger partial charge in [-0.1, -0.05) is 6.07 Å². The van der Waals surface area contributed by atoms with Crippen LogP contribution in [0.1, 0.15) is 12.8 Å². The number of anilines is 1. The molecule has 2 rings (SSSR count). The zero-order valence-electron chi connectivity index (χ0n) is 10.3. The van der Waals surface area contributed by atoms with Crippen molar-refractivity contribution in [3.8, 4) is 0 Å². The van der Waals surface area contributed by atoms with Crippen LogP contribution in [0.25, 0.3) is 0 Å². The minimum absolute atomic E-state index is 0.0418. The standard InChI is InChI=1S/C13H17FN2O2/c1-16(10-4-2-3-9(14)7-10)13(17)12-6-5-11(8-15)18-12/h2-4,7,11-12H,5-6,8,15H2,1H3. The number of hydrogen-bond acceptors (Lipinski definition) is 3. The average Bonchev–Trinajstić information content (AvgIpc) is 2.85. The molecule has 0 radical (unpaired) electrons. The summed E-state index contributed by atoms with van der Waals surface area (Å²) in [7, 11) is 1.62. The SMILES string of the molecule is CN(C(=O)C1CCC(CN)O1)c1cccc(F)c1. The Kier molecular flexibility index (Phi) is 3.93. The van der Waals surface area contributed by atoms with E-state index in [0.29, 0.717) is 18.7 Å². The van der Waals surface area contributed by atoms with E-state index in [9.17, 15) is 9.18 Å². The van der Waals surface area contributed by atoms with Gasteiger partial charge in [0, 0.05) is 19.3 Å². The number of rotatable bonds is 3. The zero-order chi connectivity index (χ0) is 13.1. The van der Waals surface area contributed by atoms with Gasteiger partial charge in [-0.05, 0) is 31.0 Å². The van der Waals surface area contributed by atoms with Crippen LogP contribution in [0.3, 0.4) is 0 Å². The smallest absolute Gasteiger partial charge is 0.255 e. The summed E-state index contributed by atoms with van der Waals surface area (Å²) in [6, 6.07) is 5.94. The molecule has 1 fully saturated rings. The fraction of sp³-hybridized carbons (Fsp3) is 0.462. The number of nitrogens with two attached hydrogens (primary N) is 1. The Bertz CT molecular complexity index is 439. The molecule has 2 atom stereocenters. The number of nitrogens with zero attached hydrogens (tertiary/aromatic N) is 1. The summed E-state index contributed by atoms with van der Waals surface area (Å²) in [6.07, 6.45) is 0.955. The highest BCUT2D eigenvalue weighted by Crippen LogP contribution is 2.23. The summed E-state index contributed by atoms with van der Waals surface area (Å²) in [5, 5.41) is 0. The van der Waals surface area contributed by atoms with Gasteiger partial charge in [-0.15, -0.1) is 0 Å². The Morgan fingerprint density at radius 1 is 1.56 bits per heavy atom. The summed E-state index contributed by atoms with van der Waals surface area (Å²) in [5.74, 6) is -0.518. The minimum Gasteiger partial charge on any atom is -0.364 e. The third kappa shape index (κ3) is 2.68. The molecule has 2 unspecified atom stereocenters. The maximum Gasteiger partial charge on any atom is 0.255 e. The van der Waals surface area contributed by atoms with Crippen molar-refractivity contribution in [1.29, 1.82) is 0 Å². The molecule has 1 aromatic rings. The van der Waals surface area contributed by atoms with Gasteiger partial charge in [0.1, 0.15) is 11.9 Å². The van der Waals surface area contributed by atoms with Crippen molar-refractivity contribution in [2.45, 2.75) is 25.0 Å². The first-order chi connectivity index (χ1) is 8.61. The summed E-state index contributed by atoms with van der Waals surface area (Å²) in [5.41, 5.74) is 6.03. The molecule has 2 N–H and O–H groups in total. The lowest BCUT2D eigenvalue weighted by atomic mass is 10.1. The van der Waals surface area contributed by atoms with Crippen LogP contribution in [0.4, 0.5) is 10.1 Å². The van der Waals surface area contributed by atoms with Gasteiger partial charge in [0.05, 0.1) is 6.10 Å². The van der Waals surface area contributed by atoms with Crippen LogP contribution < -0.4 is 10.6 Å². The molecule has 1 aliphatic heterocycles. The molecule has 98 valence electrons. The minimum atomic E-state index is -0.466. The van der Waals surface area contributed by atoms with E-state index in [1.807, 2.05) is 0 Å². The Labute approximate surface area is 106 Å². The monoisotopic (exact) mass is 252 g/mol. The van der Waals surface area contributed by atoms with Crippen LogP contribution >= 0.6 is 0 Å². The number of likely N-dealkylation sites (N-methyl/N-ethyl adjacent to an activating group) is 1.